The molecule has 0 spiro atoms. The molecular formula is C27H25P. The van der Waals surface area contributed by atoms with Crippen LogP contribution in [0.5, 0.6) is 0 Å². The van der Waals surface area contributed by atoms with Gasteiger partial charge < -0.3 is 0 Å². The predicted octanol–water partition coefficient (Wildman–Crippen LogP) is 7.74. The maximum absolute atomic E-state index is 2.31. The van der Waals surface area contributed by atoms with Crippen molar-refractivity contribution in [2.45, 2.75) is 18.5 Å². The fourth-order valence-electron chi connectivity index (χ4n) is 3.65. The van der Waals surface area contributed by atoms with E-state index in [-0.39, 0.29) is 7.92 Å². The van der Waals surface area contributed by atoms with Crippen molar-refractivity contribution in [1.29, 1.82) is 0 Å². The fourth-order valence-corrected chi connectivity index (χ4v) is 6.20. The van der Waals surface area contributed by atoms with Crippen molar-refractivity contribution in [3.63, 3.8) is 0 Å². The quantitative estimate of drug-likeness (QED) is 0.288. The topological polar surface area (TPSA) is 0 Å². The van der Waals surface area contributed by atoms with Gasteiger partial charge in [0.05, 0.1) is 0 Å². The van der Waals surface area contributed by atoms with E-state index in [0.29, 0.717) is 0 Å². The van der Waals surface area contributed by atoms with Crippen molar-refractivity contribution >= 4 is 7.92 Å². The molecule has 0 aliphatic carbocycles. The van der Waals surface area contributed by atoms with E-state index in [2.05, 4.69) is 115 Å². The zero-order chi connectivity index (χ0) is 19.0. The molecule has 0 unspecified atom stereocenters. The SMILES string of the molecule is c1ccc(CP(Cc2ccccc2)Cc2ccccc2-c2ccccc2)cc1. The van der Waals surface area contributed by atoms with Crippen LogP contribution < -0.4 is 0 Å². The molecule has 0 fully saturated rings. The average Bonchev–Trinajstić information content (AvgIpc) is 2.76. The second kappa shape index (κ2) is 9.49. The zero-order valence-corrected chi connectivity index (χ0v) is 16.9. The van der Waals surface area contributed by atoms with Crippen LogP contribution in [0.15, 0.2) is 115 Å². The molecule has 138 valence electrons. The van der Waals surface area contributed by atoms with Gasteiger partial charge in [-0.2, -0.15) is 0 Å². The summed E-state index contributed by atoms with van der Waals surface area (Å²) in [6.07, 6.45) is 3.46. The highest BCUT2D eigenvalue weighted by atomic mass is 31.1. The van der Waals surface area contributed by atoms with Gasteiger partial charge in [-0.25, -0.2) is 0 Å². The minimum absolute atomic E-state index is 0.196. The summed E-state index contributed by atoms with van der Waals surface area (Å²) in [5.74, 6) is 0. The van der Waals surface area contributed by atoms with Gasteiger partial charge in [0.1, 0.15) is 0 Å². The fraction of sp³-hybridized carbons (Fsp3) is 0.111. The maximum Gasteiger partial charge on any atom is -0.00610 e. The van der Waals surface area contributed by atoms with Crippen molar-refractivity contribution < 1.29 is 0 Å². The standard InChI is InChI=1S/C27H25P/c1-4-12-23(13-5-1)20-28(21-24-14-6-2-7-15-24)22-26-18-10-11-19-27(26)25-16-8-3-9-17-25/h1-19H,20-22H2. The Bertz CT molecular complexity index is 937. The highest BCUT2D eigenvalue weighted by Gasteiger charge is 2.14. The van der Waals surface area contributed by atoms with Crippen LogP contribution >= 0.6 is 7.92 Å². The van der Waals surface area contributed by atoms with Gasteiger partial charge in [-0.15, -0.1) is 0 Å². The second-order valence-corrected chi connectivity index (χ2v) is 9.43. The molecule has 4 aromatic rings. The van der Waals surface area contributed by atoms with Gasteiger partial charge in [-0.05, 0) is 46.3 Å². The number of benzene rings is 4. The van der Waals surface area contributed by atoms with E-state index >= 15 is 0 Å². The first-order valence-electron chi connectivity index (χ1n) is 9.82. The Morgan fingerprint density at radius 2 is 0.893 bits per heavy atom. The predicted molar refractivity (Wildman–Crippen MR) is 123 cm³/mol. The summed E-state index contributed by atoms with van der Waals surface area (Å²) in [4.78, 5) is 0. The molecule has 4 rings (SSSR count). The van der Waals surface area contributed by atoms with Crippen LogP contribution in [0.4, 0.5) is 0 Å². The lowest BCUT2D eigenvalue weighted by molar-refractivity contribution is 1.26. The second-order valence-electron chi connectivity index (χ2n) is 7.14. The number of hydrogen-bond acceptors (Lipinski definition) is 0. The molecule has 0 bridgehead atoms. The molecule has 0 aliphatic heterocycles. The summed E-state index contributed by atoms with van der Waals surface area (Å²) in [5, 5.41) is 0. The Labute approximate surface area is 169 Å². The molecular weight excluding hydrogens is 355 g/mol. The molecule has 0 radical (unpaired) electrons. The van der Waals surface area contributed by atoms with Crippen LogP contribution in [0.1, 0.15) is 16.7 Å². The van der Waals surface area contributed by atoms with Crippen LogP contribution in [-0.4, -0.2) is 0 Å². The molecule has 0 N–H and O–H groups in total. The molecule has 4 aromatic carbocycles. The van der Waals surface area contributed by atoms with Crippen molar-refractivity contribution in [2.75, 3.05) is 0 Å². The Kier molecular flexibility index (Phi) is 6.32. The van der Waals surface area contributed by atoms with Gasteiger partial charge in [0.25, 0.3) is 0 Å². The van der Waals surface area contributed by atoms with Crippen molar-refractivity contribution in [1.82, 2.24) is 0 Å². The van der Waals surface area contributed by atoms with Crippen molar-refractivity contribution in [3.05, 3.63) is 132 Å². The van der Waals surface area contributed by atoms with E-state index in [4.69, 9.17) is 0 Å². The zero-order valence-electron chi connectivity index (χ0n) is 16.0. The molecule has 0 saturated heterocycles. The van der Waals surface area contributed by atoms with Gasteiger partial charge in [0.15, 0.2) is 0 Å². The van der Waals surface area contributed by atoms with Gasteiger partial charge in [-0.3, -0.25) is 0 Å². The molecule has 28 heavy (non-hydrogen) atoms. The van der Waals surface area contributed by atoms with Crippen molar-refractivity contribution in [3.8, 4) is 11.1 Å². The van der Waals surface area contributed by atoms with Crippen LogP contribution in [0.3, 0.4) is 0 Å². The lowest BCUT2D eigenvalue weighted by Gasteiger charge is -2.20. The minimum atomic E-state index is -0.196. The third kappa shape index (κ3) is 4.97. The third-order valence-corrected chi connectivity index (χ3v) is 7.41. The minimum Gasteiger partial charge on any atom is -0.0932 e. The first-order valence-corrected chi connectivity index (χ1v) is 11.7. The Morgan fingerprint density at radius 1 is 0.429 bits per heavy atom. The number of rotatable bonds is 7. The van der Waals surface area contributed by atoms with Crippen LogP contribution in [0.2, 0.25) is 0 Å². The Morgan fingerprint density at radius 3 is 1.46 bits per heavy atom. The normalized spacial score (nSPS) is 10.9. The summed E-state index contributed by atoms with van der Waals surface area (Å²) in [7, 11) is -0.196. The average molecular weight is 380 g/mol. The first kappa shape index (κ1) is 18.7. The van der Waals surface area contributed by atoms with E-state index in [1.165, 1.54) is 27.8 Å². The van der Waals surface area contributed by atoms with Crippen LogP contribution in [0.25, 0.3) is 11.1 Å². The van der Waals surface area contributed by atoms with Gasteiger partial charge in [0.2, 0.25) is 0 Å². The monoisotopic (exact) mass is 380 g/mol. The Balaban J connectivity index is 1.62. The molecule has 0 nitrogen and oxygen atoms in total. The maximum atomic E-state index is 2.31. The van der Waals surface area contributed by atoms with Gasteiger partial charge in [-0.1, -0.05) is 123 Å². The van der Waals surface area contributed by atoms with Crippen molar-refractivity contribution in [2.24, 2.45) is 0 Å². The summed E-state index contributed by atoms with van der Waals surface area (Å²) < 4.78 is 0. The molecule has 0 heterocycles. The number of hydrogen-bond donors (Lipinski definition) is 0. The lowest BCUT2D eigenvalue weighted by atomic mass is 10.0. The van der Waals surface area contributed by atoms with Gasteiger partial charge >= 0.3 is 0 Å². The summed E-state index contributed by atoms with van der Waals surface area (Å²) in [6.45, 7) is 0. The molecule has 0 aromatic heterocycles. The molecule has 1 heteroatoms. The summed E-state index contributed by atoms with van der Waals surface area (Å²) in [6, 6.07) is 41.6. The van der Waals surface area contributed by atoms with Gasteiger partial charge in [0, 0.05) is 0 Å². The highest BCUT2D eigenvalue weighted by Crippen LogP contribution is 2.48. The van der Waals surface area contributed by atoms with E-state index < -0.39 is 0 Å². The smallest absolute Gasteiger partial charge is 0.00610 e. The summed E-state index contributed by atoms with van der Waals surface area (Å²) in [5.41, 5.74) is 7.04. The van der Waals surface area contributed by atoms with Crippen LogP contribution in [-0.2, 0) is 18.5 Å². The summed E-state index contributed by atoms with van der Waals surface area (Å²) >= 11 is 0. The Hall–Kier alpha value is -2.69. The van der Waals surface area contributed by atoms with E-state index in [9.17, 15) is 0 Å². The molecule has 0 amide bonds. The third-order valence-electron chi connectivity index (χ3n) is 4.99. The van der Waals surface area contributed by atoms with Crippen LogP contribution in [0, 0.1) is 0 Å². The first-order chi connectivity index (χ1) is 13.9. The molecule has 0 saturated carbocycles. The molecule has 0 atom stereocenters. The van der Waals surface area contributed by atoms with E-state index in [1.807, 2.05) is 0 Å². The highest BCUT2D eigenvalue weighted by molar-refractivity contribution is 7.55. The largest absolute Gasteiger partial charge is 0.0932 e. The van der Waals surface area contributed by atoms with E-state index in [1.54, 1.807) is 0 Å². The van der Waals surface area contributed by atoms with E-state index in [0.717, 1.165) is 18.5 Å². The molecule has 0 aliphatic rings. The lowest BCUT2D eigenvalue weighted by Crippen LogP contribution is -1.95.